The van der Waals surface area contributed by atoms with Crippen LogP contribution in [-0.4, -0.2) is 19.1 Å². The topological polar surface area (TPSA) is 37.4 Å². The van der Waals surface area contributed by atoms with E-state index in [-0.39, 0.29) is 11.8 Å². The third-order valence-electron chi connectivity index (χ3n) is 4.77. The van der Waals surface area contributed by atoms with Gasteiger partial charge in [0.15, 0.2) is 0 Å². The molecule has 0 bridgehead atoms. The lowest BCUT2D eigenvalue weighted by Gasteiger charge is -2.26. The zero-order valence-electron chi connectivity index (χ0n) is 15.7. The first-order valence-corrected chi connectivity index (χ1v) is 10.9. The van der Waals surface area contributed by atoms with Crippen LogP contribution in [0.3, 0.4) is 0 Å². The molecule has 0 aromatic heterocycles. The first kappa shape index (κ1) is 19.1. The number of nitrogens with zero attached hydrogens (tertiary/aromatic N) is 1. The monoisotopic (exact) mass is 377 g/mol. The molecular formula is C23H24NO2P. The summed E-state index contributed by atoms with van der Waals surface area (Å²) >= 11 is 0. The molecular weight excluding hydrogens is 353 g/mol. The second-order valence-corrected chi connectivity index (χ2v) is 9.60. The molecule has 1 atom stereocenters. The molecule has 3 nitrogen and oxygen atoms in total. The van der Waals surface area contributed by atoms with Crippen molar-refractivity contribution in [3.63, 3.8) is 0 Å². The fourth-order valence-electron chi connectivity index (χ4n) is 3.27. The van der Waals surface area contributed by atoms with Crippen LogP contribution >= 0.6 is 7.14 Å². The van der Waals surface area contributed by atoms with E-state index in [1.165, 1.54) is 0 Å². The molecule has 1 amide bonds. The second-order valence-electron chi connectivity index (χ2n) is 6.73. The third-order valence-corrected chi connectivity index (χ3v) is 8.10. The maximum atomic E-state index is 14.1. The summed E-state index contributed by atoms with van der Waals surface area (Å²) in [6.07, 6.45) is 0.303. The smallest absolute Gasteiger partial charge is 0.230 e. The first-order chi connectivity index (χ1) is 13.0. The normalized spacial score (nSPS) is 12.4. The summed E-state index contributed by atoms with van der Waals surface area (Å²) in [7, 11) is -1.14. The predicted molar refractivity (Wildman–Crippen MR) is 114 cm³/mol. The van der Waals surface area contributed by atoms with Gasteiger partial charge in [0.1, 0.15) is 7.14 Å². The molecule has 0 radical (unpaired) electrons. The first-order valence-electron chi connectivity index (χ1n) is 9.05. The number of amides is 1. The number of rotatable bonds is 6. The third kappa shape index (κ3) is 4.20. The molecule has 0 heterocycles. The minimum absolute atomic E-state index is 0.0340. The Balaban J connectivity index is 1.91. The Hall–Kier alpha value is -2.64. The molecule has 0 saturated heterocycles. The average molecular weight is 377 g/mol. The van der Waals surface area contributed by atoms with Crippen molar-refractivity contribution in [2.24, 2.45) is 5.92 Å². The molecule has 3 rings (SSSR count). The summed E-state index contributed by atoms with van der Waals surface area (Å²) in [5.74, 6) is -0.408. The highest BCUT2D eigenvalue weighted by atomic mass is 31.2. The van der Waals surface area contributed by atoms with Gasteiger partial charge in [-0.2, -0.15) is 0 Å². The summed E-state index contributed by atoms with van der Waals surface area (Å²) < 4.78 is 14.1. The predicted octanol–water partition coefficient (Wildman–Crippen LogP) is 4.30. The van der Waals surface area contributed by atoms with E-state index in [2.05, 4.69) is 0 Å². The number of benzene rings is 3. The van der Waals surface area contributed by atoms with E-state index in [4.69, 9.17) is 0 Å². The number of hydrogen-bond donors (Lipinski definition) is 0. The van der Waals surface area contributed by atoms with Gasteiger partial charge in [0.05, 0.1) is 0 Å². The van der Waals surface area contributed by atoms with Crippen LogP contribution in [0.2, 0.25) is 0 Å². The van der Waals surface area contributed by atoms with Gasteiger partial charge in [-0.3, -0.25) is 4.79 Å². The molecule has 4 heteroatoms. The quantitative estimate of drug-likeness (QED) is 0.601. The van der Waals surface area contributed by atoms with Gasteiger partial charge in [-0.25, -0.2) is 0 Å². The van der Waals surface area contributed by atoms with Crippen molar-refractivity contribution in [2.45, 2.75) is 6.92 Å². The summed E-state index contributed by atoms with van der Waals surface area (Å²) in [5, 5.41) is 1.58. The SMILES string of the molecule is CC(CP(=O)(c1ccccc1)c1ccccc1)C(=O)N(C)c1ccccc1. The Morgan fingerprint density at radius 3 is 1.67 bits per heavy atom. The van der Waals surface area contributed by atoms with Gasteiger partial charge >= 0.3 is 0 Å². The fraction of sp³-hybridized carbons (Fsp3) is 0.174. The highest BCUT2D eigenvalue weighted by Gasteiger charge is 2.32. The largest absolute Gasteiger partial charge is 0.315 e. The maximum absolute atomic E-state index is 14.1. The Labute approximate surface area is 161 Å². The zero-order chi connectivity index (χ0) is 19.3. The van der Waals surface area contributed by atoms with Crippen LogP contribution in [0.4, 0.5) is 5.69 Å². The fourth-order valence-corrected chi connectivity index (χ4v) is 6.23. The molecule has 3 aromatic rings. The van der Waals surface area contributed by atoms with Crippen LogP contribution < -0.4 is 15.5 Å². The highest BCUT2D eigenvalue weighted by molar-refractivity contribution is 7.78. The van der Waals surface area contributed by atoms with E-state index in [0.29, 0.717) is 6.16 Å². The molecule has 0 aliphatic heterocycles. The molecule has 0 saturated carbocycles. The Morgan fingerprint density at radius 2 is 1.22 bits per heavy atom. The molecule has 1 unspecified atom stereocenters. The highest BCUT2D eigenvalue weighted by Crippen LogP contribution is 2.45. The van der Waals surface area contributed by atoms with Gasteiger partial charge in [0, 0.05) is 35.4 Å². The van der Waals surface area contributed by atoms with Crippen LogP contribution in [0.5, 0.6) is 0 Å². The molecule has 0 spiro atoms. The lowest BCUT2D eigenvalue weighted by Crippen LogP contribution is -2.35. The lowest BCUT2D eigenvalue weighted by atomic mass is 10.2. The number of carbonyl (C=O) groups is 1. The minimum Gasteiger partial charge on any atom is -0.315 e. The van der Waals surface area contributed by atoms with Crippen molar-refractivity contribution in [3.05, 3.63) is 91.0 Å². The summed E-state index contributed by atoms with van der Waals surface area (Å²) in [6, 6.07) is 28.5. The van der Waals surface area contributed by atoms with Crippen molar-refractivity contribution in [2.75, 3.05) is 18.1 Å². The van der Waals surface area contributed by atoms with Gasteiger partial charge in [-0.05, 0) is 12.1 Å². The summed E-state index contributed by atoms with van der Waals surface area (Å²) in [5.41, 5.74) is 0.837. The molecule has 3 aromatic carbocycles. The van der Waals surface area contributed by atoms with Crippen LogP contribution in [0, 0.1) is 5.92 Å². The van der Waals surface area contributed by atoms with Crippen LogP contribution in [0.15, 0.2) is 91.0 Å². The number of anilines is 1. The second kappa shape index (κ2) is 8.37. The van der Waals surface area contributed by atoms with E-state index in [9.17, 15) is 9.36 Å². The van der Waals surface area contributed by atoms with E-state index in [1.54, 1.807) is 11.9 Å². The molecule has 0 fully saturated rings. The van der Waals surface area contributed by atoms with Crippen molar-refractivity contribution in [1.82, 2.24) is 0 Å². The van der Waals surface area contributed by atoms with Crippen molar-refractivity contribution >= 4 is 29.3 Å². The minimum atomic E-state index is -2.91. The maximum Gasteiger partial charge on any atom is 0.230 e. The molecule has 0 N–H and O–H groups in total. The number of hydrogen-bond acceptors (Lipinski definition) is 2. The van der Waals surface area contributed by atoms with Crippen molar-refractivity contribution < 1.29 is 9.36 Å². The summed E-state index contributed by atoms with van der Waals surface area (Å²) in [4.78, 5) is 14.6. The van der Waals surface area contributed by atoms with E-state index < -0.39 is 7.14 Å². The van der Waals surface area contributed by atoms with Crippen LogP contribution in [0.25, 0.3) is 0 Å². The molecule has 0 aliphatic carbocycles. The van der Waals surface area contributed by atoms with Gasteiger partial charge in [-0.1, -0.05) is 85.8 Å². The lowest BCUT2D eigenvalue weighted by molar-refractivity contribution is -0.121. The van der Waals surface area contributed by atoms with Crippen molar-refractivity contribution in [3.8, 4) is 0 Å². The van der Waals surface area contributed by atoms with E-state index >= 15 is 0 Å². The Morgan fingerprint density at radius 1 is 0.815 bits per heavy atom. The van der Waals surface area contributed by atoms with Gasteiger partial charge in [0.2, 0.25) is 5.91 Å². The van der Waals surface area contributed by atoms with Crippen LogP contribution in [-0.2, 0) is 9.36 Å². The molecule has 0 aliphatic rings. The average Bonchev–Trinajstić information content (AvgIpc) is 2.74. The van der Waals surface area contributed by atoms with Crippen molar-refractivity contribution in [1.29, 1.82) is 0 Å². The van der Waals surface area contributed by atoms with Gasteiger partial charge in [0.25, 0.3) is 0 Å². The van der Waals surface area contributed by atoms with E-state index in [0.717, 1.165) is 16.3 Å². The van der Waals surface area contributed by atoms with E-state index in [1.807, 2.05) is 97.9 Å². The number of para-hydroxylation sites is 1. The van der Waals surface area contributed by atoms with Gasteiger partial charge in [-0.15, -0.1) is 0 Å². The Bertz CT molecular complexity index is 883. The summed E-state index contributed by atoms with van der Waals surface area (Å²) in [6.45, 7) is 1.86. The Kier molecular flexibility index (Phi) is 5.93. The molecule has 138 valence electrons. The standard InChI is InChI=1S/C23H24NO2P/c1-19(23(25)24(2)20-12-6-3-7-13-20)18-27(26,21-14-8-4-9-15-21)22-16-10-5-11-17-22/h3-17,19H,18H2,1-2H3. The van der Waals surface area contributed by atoms with Crippen LogP contribution in [0.1, 0.15) is 6.92 Å². The molecule has 27 heavy (non-hydrogen) atoms. The number of carbonyl (C=O) groups excluding carboxylic acids is 1. The zero-order valence-corrected chi connectivity index (χ0v) is 16.6. The van der Waals surface area contributed by atoms with Gasteiger partial charge < -0.3 is 9.46 Å².